The van der Waals surface area contributed by atoms with Gasteiger partial charge in [0.2, 0.25) is 41.4 Å². The Morgan fingerprint density at radius 2 is 1.31 bits per heavy atom. The number of nitrogens with zero attached hydrogens (tertiary/aromatic N) is 2. The molecule has 0 aliphatic rings. The molecule has 3 aromatic heterocycles. The number of carbonyl (C=O) groups is 8. The summed E-state index contributed by atoms with van der Waals surface area (Å²) in [5, 5.41) is 35.0. The fourth-order valence-electron chi connectivity index (χ4n) is 6.36. The van der Waals surface area contributed by atoms with Crippen LogP contribution in [-0.2, 0) is 57.6 Å². The molecule has 15 N–H and O–H groups in total. The molecule has 0 fully saturated rings. The molecule has 0 saturated heterocycles. The first-order valence-electron chi connectivity index (χ1n) is 19.7. The number of imidazole rings is 2. The van der Waals surface area contributed by atoms with E-state index in [4.69, 9.17) is 11.5 Å². The summed E-state index contributed by atoms with van der Waals surface area (Å²) in [4.78, 5) is 120. The molecular formula is C39H53N13O10. The summed E-state index contributed by atoms with van der Waals surface area (Å²) in [6.45, 7) is 1.96. The van der Waals surface area contributed by atoms with Crippen LogP contribution in [0.3, 0.4) is 0 Å². The van der Waals surface area contributed by atoms with Crippen LogP contribution in [0.4, 0.5) is 0 Å². The average molecular weight is 864 g/mol. The topological polar surface area (TPSA) is 374 Å². The van der Waals surface area contributed by atoms with Gasteiger partial charge < -0.3 is 68.5 Å². The van der Waals surface area contributed by atoms with E-state index in [9.17, 15) is 48.6 Å². The standard InChI is InChI=1S/C39H53N13O10/c1-20(2)9-28(50-36(58)27(7-8-32(41)54)49-34(56)25(40)11-22-14-42-18-46-22)37(59)51-29(10-21-13-44-26-6-4-3-5-24(21)26)35(57)45-16-33(55)48-31(17-53)38(60)52-30(39(61)62)12-23-15-43-19-47-23/h3-6,13-15,18-20,25,27-31,44,53H,7-12,16-17,40H2,1-2H3,(H2,41,54)(H,42,46)(H,43,47)(H,45,57)(H,48,55)(H,49,56)(H,50,58)(H,51,59)(H,52,60)(H,61,62). The van der Waals surface area contributed by atoms with Gasteiger partial charge in [-0.1, -0.05) is 32.0 Å². The predicted molar refractivity (Wildman–Crippen MR) is 220 cm³/mol. The number of hydrogen-bond acceptors (Lipinski definition) is 12. The number of benzene rings is 1. The number of carboxylic acids is 1. The molecular weight excluding hydrogens is 811 g/mol. The normalized spacial score (nSPS) is 14.1. The minimum atomic E-state index is -1.59. The maximum absolute atomic E-state index is 14.0. The van der Waals surface area contributed by atoms with Gasteiger partial charge in [-0.15, -0.1) is 0 Å². The molecule has 23 nitrogen and oxygen atoms in total. The second kappa shape index (κ2) is 23.0. The zero-order valence-corrected chi connectivity index (χ0v) is 34.1. The predicted octanol–water partition coefficient (Wildman–Crippen LogP) is -3.10. The Hall–Kier alpha value is -7.14. The largest absolute Gasteiger partial charge is 0.480 e. The molecule has 23 heteroatoms. The number of primary amides is 1. The van der Waals surface area contributed by atoms with Gasteiger partial charge in [-0.05, 0) is 30.4 Å². The van der Waals surface area contributed by atoms with Crippen molar-refractivity contribution in [2.75, 3.05) is 13.2 Å². The first-order valence-corrected chi connectivity index (χ1v) is 19.7. The van der Waals surface area contributed by atoms with E-state index in [-0.39, 0.29) is 44.4 Å². The Labute approximate surface area is 354 Å². The molecule has 7 amide bonds. The fourth-order valence-corrected chi connectivity index (χ4v) is 6.36. The lowest BCUT2D eigenvalue weighted by molar-refractivity contribution is -0.142. The highest BCUT2D eigenvalue weighted by molar-refractivity contribution is 5.97. The molecule has 1 aromatic carbocycles. The van der Waals surface area contributed by atoms with Gasteiger partial charge in [0.15, 0.2) is 0 Å². The lowest BCUT2D eigenvalue weighted by Gasteiger charge is -2.27. The van der Waals surface area contributed by atoms with E-state index in [2.05, 4.69) is 56.8 Å². The van der Waals surface area contributed by atoms with Crippen LogP contribution in [-0.4, -0.2) is 132 Å². The van der Waals surface area contributed by atoms with Crippen LogP contribution in [0, 0.1) is 5.92 Å². The first-order chi connectivity index (χ1) is 29.5. The Balaban J connectivity index is 1.47. The smallest absolute Gasteiger partial charge is 0.326 e. The monoisotopic (exact) mass is 863 g/mol. The third-order valence-electron chi connectivity index (χ3n) is 9.57. The fraction of sp³-hybridized carbons (Fsp3) is 0.436. The number of aliphatic hydroxyl groups is 1. The number of carboxylic acid groups (broad SMARTS) is 1. The highest BCUT2D eigenvalue weighted by Gasteiger charge is 2.32. The van der Waals surface area contributed by atoms with Gasteiger partial charge in [0, 0.05) is 66.6 Å². The Morgan fingerprint density at radius 1 is 0.710 bits per heavy atom. The van der Waals surface area contributed by atoms with Crippen LogP contribution in [0.1, 0.15) is 50.1 Å². The third kappa shape index (κ3) is 14.5. The Bertz CT molecular complexity index is 2160. The number of hydrogen-bond donors (Lipinski definition) is 13. The summed E-state index contributed by atoms with van der Waals surface area (Å²) in [6, 6.07) is -0.848. The summed E-state index contributed by atoms with van der Waals surface area (Å²) in [6.07, 6.45) is 6.65. The number of aromatic amines is 3. The van der Waals surface area contributed by atoms with Gasteiger partial charge in [0.05, 0.1) is 31.8 Å². The van der Waals surface area contributed by atoms with Crippen molar-refractivity contribution in [1.82, 2.24) is 56.8 Å². The number of fused-ring (bicyclic) bond motifs is 1. The van der Waals surface area contributed by atoms with Gasteiger partial charge in [0.1, 0.15) is 30.2 Å². The van der Waals surface area contributed by atoms with Crippen molar-refractivity contribution in [3.63, 3.8) is 0 Å². The van der Waals surface area contributed by atoms with Gasteiger partial charge in [-0.3, -0.25) is 33.6 Å². The maximum Gasteiger partial charge on any atom is 0.326 e. The van der Waals surface area contributed by atoms with E-state index in [0.717, 1.165) is 10.9 Å². The summed E-state index contributed by atoms with van der Waals surface area (Å²) >= 11 is 0. The van der Waals surface area contributed by atoms with Crippen LogP contribution in [0.2, 0.25) is 0 Å². The third-order valence-corrected chi connectivity index (χ3v) is 9.57. The van der Waals surface area contributed by atoms with Crippen molar-refractivity contribution >= 4 is 58.2 Å². The molecule has 4 rings (SSSR count). The summed E-state index contributed by atoms with van der Waals surface area (Å²) in [5.74, 6) is -7.37. The number of nitrogens with one attached hydrogen (secondary N) is 9. The second-order valence-corrected chi connectivity index (χ2v) is 15.0. The molecule has 0 radical (unpaired) electrons. The van der Waals surface area contributed by atoms with Crippen molar-refractivity contribution in [1.29, 1.82) is 0 Å². The lowest BCUT2D eigenvalue weighted by atomic mass is 10.00. The molecule has 334 valence electrons. The maximum atomic E-state index is 14.0. The van der Waals surface area contributed by atoms with Crippen molar-refractivity contribution in [2.24, 2.45) is 17.4 Å². The average Bonchev–Trinajstić information content (AvgIpc) is 4.03. The number of carbonyl (C=O) groups excluding carboxylic acids is 7. The van der Waals surface area contributed by atoms with E-state index in [1.165, 1.54) is 25.0 Å². The number of aliphatic carboxylic acids is 1. The summed E-state index contributed by atoms with van der Waals surface area (Å²) in [5.41, 5.74) is 13.8. The zero-order chi connectivity index (χ0) is 45.3. The minimum Gasteiger partial charge on any atom is -0.480 e. The number of aromatic nitrogens is 5. The molecule has 0 spiro atoms. The van der Waals surface area contributed by atoms with Crippen LogP contribution >= 0.6 is 0 Å². The number of aliphatic hydroxyl groups excluding tert-OH is 1. The van der Waals surface area contributed by atoms with E-state index in [1.807, 2.05) is 6.07 Å². The van der Waals surface area contributed by atoms with E-state index >= 15 is 0 Å². The van der Waals surface area contributed by atoms with E-state index in [1.54, 1.807) is 38.2 Å². The summed E-state index contributed by atoms with van der Waals surface area (Å²) in [7, 11) is 0. The van der Waals surface area contributed by atoms with Crippen LogP contribution < -0.4 is 43.4 Å². The van der Waals surface area contributed by atoms with E-state index < -0.39 is 96.7 Å². The van der Waals surface area contributed by atoms with Crippen molar-refractivity contribution in [3.05, 3.63) is 72.5 Å². The van der Waals surface area contributed by atoms with Gasteiger partial charge in [0.25, 0.3) is 0 Å². The summed E-state index contributed by atoms with van der Waals surface area (Å²) < 4.78 is 0. The number of amides is 7. The first kappa shape index (κ1) is 47.5. The van der Waals surface area contributed by atoms with E-state index in [0.29, 0.717) is 17.0 Å². The molecule has 3 heterocycles. The van der Waals surface area contributed by atoms with Crippen LogP contribution in [0.15, 0.2) is 55.5 Å². The Morgan fingerprint density at radius 3 is 1.92 bits per heavy atom. The van der Waals surface area contributed by atoms with Crippen molar-refractivity contribution in [2.45, 2.75) is 88.6 Å². The molecule has 6 atom stereocenters. The van der Waals surface area contributed by atoms with Gasteiger partial charge in [-0.25, -0.2) is 14.8 Å². The van der Waals surface area contributed by atoms with Gasteiger partial charge in [-0.2, -0.15) is 0 Å². The number of rotatable bonds is 25. The lowest BCUT2D eigenvalue weighted by Crippen LogP contribution is -2.59. The number of nitrogens with two attached hydrogens (primary N) is 2. The Kier molecular flexibility index (Phi) is 17.6. The second-order valence-electron chi connectivity index (χ2n) is 15.0. The molecule has 0 aliphatic heterocycles. The molecule has 62 heavy (non-hydrogen) atoms. The quantitative estimate of drug-likeness (QED) is 0.0314. The van der Waals surface area contributed by atoms with Crippen molar-refractivity contribution in [3.8, 4) is 0 Å². The molecule has 4 aromatic rings. The number of para-hydroxylation sites is 1. The highest BCUT2D eigenvalue weighted by atomic mass is 16.4. The molecule has 0 bridgehead atoms. The van der Waals surface area contributed by atoms with Crippen molar-refractivity contribution < 1.29 is 48.6 Å². The number of H-pyrrole nitrogens is 3. The SMILES string of the molecule is CC(C)CC(NC(=O)C(CCC(N)=O)NC(=O)C(N)Cc1cnc[nH]1)C(=O)NC(Cc1c[nH]c2ccccc12)C(=O)NCC(=O)NC(CO)C(=O)NC(Cc1cnc[nH]1)C(=O)O. The molecule has 0 saturated carbocycles. The zero-order valence-electron chi connectivity index (χ0n) is 34.1. The van der Waals surface area contributed by atoms with Gasteiger partial charge >= 0.3 is 5.97 Å². The minimum absolute atomic E-state index is 0.0633. The molecule has 0 aliphatic carbocycles. The van der Waals surface area contributed by atoms with Crippen LogP contribution in [0.5, 0.6) is 0 Å². The van der Waals surface area contributed by atoms with Crippen LogP contribution in [0.25, 0.3) is 10.9 Å². The highest BCUT2D eigenvalue weighted by Crippen LogP contribution is 2.19. The molecule has 6 unspecified atom stereocenters.